The van der Waals surface area contributed by atoms with Crippen molar-refractivity contribution in [3.8, 4) is 0 Å². The molecule has 2 amide bonds. The van der Waals surface area contributed by atoms with Crippen molar-refractivity contribution < 1.29 is 23.9 Å². The van der Waals surface area contributed by atoms with E-state index < -0.39 is 24.0 Å². The van der Waals surface area contributed by atoms with Crippen molar-refractivity contribution in [3.05, 3.63) is 62.4 Å². The van der Waals surface area contributed by atoms with E-state index in [1.807, 2.05) is 5.38 Å². The van der Waals surface area contributed by atoms with Gasteiger partial charge in [0.05, 0.1) is 29.5 Å². The summed E-state index contributed by atoms with van der Waals surface area (Å²) in [5.74, 6) is -1.33. The maximum atomic E-state index is 12.6. The van der Waals surface area contributed by atoms with Crippen LogP contribution >= 0.6 is 22.9 Å². The fourth-order valence-electron chi connectivity index (χ4n) is 2.79. The Labute approximate surface area is 175 Å². The normalized spacial score (nSPS) is 16.1. The molecule has 1 atom stereocenters. The molecule has 2 heterocycles. The molecule has 1 aromatic carbocycles. The third-order valence-electron chi connectivity index (χ3n) is 4.06. The number of rotatable bonds is 6. The van der Waals surface area contributed by atoms with Crippen LogP contribution in [0, 0.1) is 0 Å². The number of esters is 2. The zero-order valence-electron chi connectivity index (χ0n) is 15.4. The molecule has 2 aromatic rings. The first-order valence-electron chi connectivity index (χ1n) is 8.64. The molecule has 0 saturated carbocycles. The number of hydrogen-bond donors (Lipinski definition) is 3. The molecule has 0 saturated heterocycles. The van der Waals surface area contributed by atoms with Crippen molar-refractivity contribution >= 4 is 46.6 Å². The molecule has 10 heteroatoms. The molecule has 29 heavy (non-hydrogen) atoms. The Balaban J connectivity index is 1.89. The summed E-state index contributed by atoms with van der Waals surface area (Å²) in [5, 5.41) is 7.45. The van der Waals surface area contributed by atoms with Gasteiger partial charge in [-0.3, -0.25) is 0 Å². The molecule has 4 N–H and O–H groups in total. The van der Waals surface area contributed by atoms with Crippen LogP contribution in [-0.4, -0.2) is 31.2 Å². The number of thiophene rings is 1. The SMILES string of the molecule is CCOC(=O)C1=C(COC(=O)c2ccc(Cl)cc2N)NC(=O)NC1c1cccs1. The van der Waals surface area contributed by atoms with Crippen molar-refractivity contribution in [1.29, 1.82) is 0 Å². The van der Waals surface area contributed by atoms with Gasteiger partial charge in [0.1, 0.15) is 6.61 Å². The highest BCUT2D eigenvalue weighted by Gasteiger charge is 2.34. The average Bonchev–Trinajstić information content (AvgIpc) is 3.20. The molecule has 1 aliphatic rings. The third-order valence-corrected chi connectivity index (χ3v) is 5.23. The maximum Gasteiger partial charge on any atom is 0.340 e. The second-order valence-electron chi connectivity index (χ2n) is 5.97. The van der Waals surface area contributed by atoms with E-state index in [4.69, 9.17) is 26.8 Å². The Morgan fingerprint density at radius 3 is 2.69 bits per heavy atom. The molecule has 0 bridgehead atoms. The fourth-order valence-corrected chi connectivity index (χ4v) is 3.75. The second-order valence-corrected chi connectivity index (χ2v) is 7.38. The number of nitrogens with one attached hydrogen (secondary N) is 2. The highest BCUT2D eigenvalue weighted by Crippen LogP contribution is 2.31. The van der Waals surface area contributed by atoms with Gasteiger partial charge < -0.3 is 25.8 Å². The van der Waals surface area contributed by atoms with Gasteiger partial charge in [-0.25, -0.2) is 14.4 Å². The standard InChI is InChI=1S/C19H18ClN3O5S/c1-2-27-18(25)15-13(22-19(26)23-16(15)14-4-3-7-29-14)9-28-17(24)11-6-5-10(20)8-12(11)21/h3-8,16H,2,9,21H2,1H3,(H2,22,23,26). The molecule has 1 unspecified atom stereocenters. The van der Waals surface area contributed by atoms with Crippen molar-refractivity contribution in [3.63, 3.8) is 0 Å². The number of nitrogen functional groups attached to an aromatic ring is 1. The summed E-state index contributed by atoms with van der Waals surface area (Å²) in [6.45, 7) is 1.49. The van der Waals surface area contributed by atoms with E-state index in [-0.39, 0.29) is 35.7 Å². The molecule has 0 spiro atoms. The molecule has 0 aliphatic carbocycles. The van der Waals surface area contributed by atoms with Crippen LogP contribution in [0.25, 0.3) is 0 Å². The largest absolute Gasteiger partial charge is 0.463 e. The minimum Gasteiger partial charge on any atom is -0.463 e. The van der Waals surface area contributed by atoms with Crippen LogP contribution in [0.4, 0.5) is 10.5 Å². The van der Waals surface area contributed by atoms with Gasteiger partial charge in [0.25, 0.3) is 0 Å². The van der Waals surface area contributed by atoms with E-state index in [9.17, 15) is 14.4 Å². The van der Waals surface area contributed by atoms with Gasteiger partial charge in [0, 0.05) is 15.6 Å². The lowest BCUT2D eigenvalue weighted by Crippen LogP contribution is -2.46. The summed E-state index contributed by atoms with van der Waals surface area (Å²) < 4.78 is 10.4. The van der Waals surface area contributed by atoms with Crippen molar-refractivity contribution in [2.75, 3.05) is 18.9 Å². The number of ether oxygens (including phenoxy) is 2. The summed E-state index contributed by atoms with van der Waals surface area (Å²) in [6.07, 6.45) is 0. The number of hydrogen-bond acceptors (Lipinski definition) is 7. The third kappa shape index (κ3) is 4.69. The zero-order valence-corrected chi connectivity index (χ0v) is 16.9. The van der Waals surface area contributed by atoms with Crippen molar-refractivity contribution in [1.82, 2.24) is 10.6 Å². The van der Waals surface area contributed by atoms with Gasteiger partial charge >= 0.3 is 18.0 Å². The Kier molecular flexibility index (Phi) is 6.40. The first kappa shape index (κ1) is 20.7. The van der Waals surface area contributed by atoms with Gasteiger partial charge in [-0.05, 0) is 36.6 Å². The van der Waals surface area contributed by atoms with E-state index in [2.05, 4.69) is 10.6 Å². The van der Waals surface area contributed by atoms with Crippen LogP contribution in [0.5, 0.6) is 0 Å². The molecule has 1 aliphatic heterocycles. The van der Waals surface area contributed by atoms with E-state index >= 15 is 0 Å². The molecule has 3 rings (SSSR count). The van der Waals surface area contributed by atoms with Crippen LogP contribution in [0.1, 0.15) is 28.2 Å². The monoisotopic (exact) mass is 435 g/mol. The lowest BCUT2D eigenvalue weighted by atomic mass is 10.0. The number of amides is 2. The van der Waals surface area contributed by atoms with Crippen LogP contribution in [0.2, 0.25) is 5.02 Å². The van der Waals surface area contributed by atoms with Gasteiger partial charge in [-0.1, -0.05) is 17.7 Å². The van der Waals surface area contributed by atoms with Gasteiger partial charge in [0.15, 0.2) is 0 Å². The Hall–Kier alpha value is -3.04. The lowest BCUT2D eigenvalue weighted by Gasteiger charge is -2.28. The molecule has 0 radical (unpaired) electrons. The number of halogens is 1. The van der Waals surface area contributed by atoms with E-state index in [0.29, 0.717) is 5.02 Å². The smallest absolute Gasteiger partial charge is 0.340 e. The van der Waals surface area contributed by atoms with E-state index in [1.165, 1.54) is 29.5 Å². The summed E-state index contributed by atoms with van der Waals surface area (Å²) in [7, 11) is 0. The minimum atomic E-state index is -0.713. The first-order chi connectivity index (χ1) is 13.9. The fraction of sp³-hybridized carbons (Fsp3) is 0.211. The highest BCUT2D eigenvalue weighted by atomic mass is 35.5. The van der Waals surface area contributed by atoms with Gasteiger partial charge in [-0.15, -0.1) is 11.3 Å². The topological polar surface area (TPSA) is 120 Å². The molecule has 152 valence electrons. The molecule has 1 aromatic heterocycles. The van der Waals surface area contributed by atoms with E-state index in [1.54, 1.807) is 19.1 Å². The zero-order chi connectivity index (χ0) is 21.0. The molecule has 0 fully saturated rings. The number of anilines is 1. The Morgan fingerprint density at radius 2 is 2.03 bits per heavy atom. The summed E-state index contributed by atoms with van der Waals surface area (Å²) in [4.78, 5) is 37.9. The van der Waals surface area contributed by atoms with Crippen LogP contribution in [-0.2, 0) is 14.3 Å². The van der Waals surface area contributed by atoms with Gasteiger partial charge in [-0.2, -0.15) is 0 Å². The van der Waals surface area contributed by atoms with Crippen molar-refractivity contribution in [2.24, 2.45) is 0 Å². The predicted molar refractivity (Wildman–Crippen MR) is 109 cm³/mol. The molecular formula is C19H18ClN3O5S. The number of urea groups is 1. The summed E-state index contributed by atoms with van der Waals surface area (Å²) >= 11 is 7.22. The lowest BCUT2D eigenvalue weighted by molar-refractivity contribution is -0.139. The van der Waals surface area contributed by atoms with Crippen LogP contribution in [0.15, 0.2) is 47.0 Å². The van der Waals surface area contributed by atoms with Gasteiger partial charge in [0.2, 0.25) is 0 Å². The van der Waals surface area contributed by atoms with Crippen molar-refractivity contribution in [2.45, 2.75) is 13.0 Å². The number of carbonyl (C=O) groups excluding carboxylic acids is 3. The molecule has 8 nitrogen and oxygen atoms in total. The predicted octanol–water partition coefficient (Wildman–Crippen LogP) is 3.01. The first-order valence-corrected chi connectivity index (χ1v) is 9.89. The number of nitrogens with two attached hydrogens (primary N) is 1. The number of carbonyl (C=O) groups is 3. The quantitative estimate of drug-likeness (QED) is 0.474. The summed E-state index contributed by atoms with van der Waals surface area (Å²) in [6, 6.07) is 6.75. The summed E-state index contributed by atoms with van der Waals surface area (Å²) in [5.41, 5.74) is 6.41. The molecular weight excluding hydrogens is 418 g/mol. The number of benzene rings is 1. The Bertz CT molecular complexity index is 974. The van der Waals surface area contributed by atoms with E-state index in [0.717, 1.165) is 4.88 Å². The Morgan fingerprint density at radius 1 is 1.24 bits per heavy atom. The average molecular weight is 436 g/mol. The van der Waals surface area contributed by atoms with Crippen LogP contribution < -0.4 is 16.4 Å². The highest BCUT2D eigenvalue weighted by molar-refractivity contribution is 7.10. The van der Waals surface area contributed by atoms with Crippen LogP contribution in [0.3, 0.4) is 0 Å². The maximum absolute atomic E-state index is 12.6. The minimum absolute atomic E-state index is 0.128. The second kappa shape index (κ2) is 8.97.